The average molecular weight is 259 g/mol. The van der Waals surface area contributed by atoms with Crippen LogP contribution in [0.15, 0.2) is 0 Å². The van der Waals surface area contributed by atoms with Gasteiger partial charge in [0, 0.05) is 0 Å². The summed E-state index contributed by atoms with van der Waals surface area (Å²) in [5, 5.41) is 0. The summed E-state index contributed by atoms with van der Waals surface area (Å²) in [6.07, 6.45) is 0. The first kappa shape index (κ1) is 313. The molecule has 0 aliphatic carbocycles. The van der Waals surface area contributed by atoms with E-state index < -0.39 is 0 Å². The van der Waals surface area contributed by atoms with Crippen molar-refractivity contribution < 1.29 is 0 Å². The highest BCUT2D eigenvalue weighted by Crippen LogP contribution is 1.68. The van der Waals surface area contributed by atoms with Crippen LogP contribution in [-0.4, -0.2) is 14.1 Å². The van der Waals surface area contributed by atoms with Crippen LogP contribution in [0.5, 0.6) is 0 Å². The van der Waals surface area contributed by atoms with Gasteiger partial charge in [-0.15, -0.1) is 17.4 Å². The number of hydrogen-bond donors (Lipinski definition) is 11. The zero-order chi connectivity index (χ0) is 3.58. The molecule has 0 bridgehead atoms. The highest BCUT2D eigenvalue weighted by atomic mass is 27.2. The fraction of sp³-hybridized carbons (Fsp3) is 1.00. The van der Waals surface area contributed by atoms with Crippen molar-refractivity contribution in [2.75, 3.05) is 0 Å². The van der Waals surface area contributed by atoms with Crippen molar-refractivity contribution in [1.29, 1.82) is 0 Å². The van der Waals surface area contributed by atoms with Crippen LogP contribution in [0.1, 0.15) is 0 Å². The maximum Gasteiger partial charge on any atom is 0.251 e. The van der Waals surface area contributed by atoms with Gasteiger partial charge < -0.3 is 67.7 Å². The van der Waals surface area contributed by atoms with Gasteiger partial charge in [-0.05, 0) is 0 Å². The Morgan fingerprint density at radius 1 is 0.333 bits per heavy atom. The van der Waals surface area contributed by atoms with E-state index in [0.717, 1.165) is 0 Å². The SMILES string of the molecule is N.N.N.N.N.N.N.N.N.N.N.[CH3][Al]([CH3])[CH3]. The Labute approximate surface area is 99.7 Å². The summed E-state index contributed by atoms with van der Waals surface area (Å²) >= 11 is -0.139. The number of hydrogen-bond acceptors (Lipinski definition) is 11. The molecule has 0 aliphatic heterocycles. The molecular weight excluding hydrogens is 217 g/mol. The van der Waals surface area contributed by atoms with Gasteiger partial charge in [-0.1, -0.05) is 0 Å². The second-order valence-electron chi connectivity index (χ2n) is 1.73. The third-order valence-electron chi connectivity index (χ3n) is 0. The van der Waals surface area contributed by atoms with Crippen LogP contribution in [0.4, 0.5) is 0 Å². The van der Waals surface area contributed by atoms with Gasteiger partial charge in [-0.3, -0.25) is 0 Å². The molecule has 12 heteroatoms. The molecule has 0 aromatic carbocycles. The fourth-order valence-corrected chi connectivity index (χ4v) is 0. The van der Waals surface area contributed by atoms with Crippen molar-refractivity contribution in [2.45, 2.75) is 17.4 Å². The lowest BCUT2D eigenvalue weighted by Gasteiger charge is -1.67. The first-order valence-corrected chi connectivity index (χ1v) is 5.20. The molecule has 0 heterocycles. The highest BCUT2D eigenvalue weighted by Gasteiger charge is 1.81. The van der Waals surface area contributed by atoms with E-state index in [2.05, 4.69) is 17.4 Å². The van der Waals surface area contributed by atoms with E-state index in [1.165, 1.54) is 0 Å². The van der Waals surface area contributed by atoms with Crippen molar-refractivity contribution in [3.05, 3.63) is 0 Å². The molecule has 33 N–H and O–H groups in total. The summed E-state index contributed by atoms with van der Waals surface area (Å²) < 4.78 is 0. The molecule has 0 aromatic rings. The zero-order valence-corrected chi connectivity index (χ0v) is 12.5. The van der Waals surface area contributed by atoms with Gasteiger partial charge in [0.1, 0.15) is 0 Å². The van der Waals surface area contributed by atoms with Crippen LogP contribution in [0, 0.1) is 0 Å². The second-order valence-corrected chi connectivity index (χ2v) is 5.20. The molecule has 0 unspecified atom stereocenters. The summed E-state index contributed by atoms with van der Waals surface area (Å²) in [7, 11) is 0. The van der Waals surface area contributed by atoms with Crippen molar-refractivity contribution in [3.63, 3.8) is 0 Å². The molecular formula is C3H42AlN11. The zero-order valence-electron chi connectivity index (χ0n) is 11.4. The Bertz CT molecular complexity index is 20.5. The second kappa shape index (κ2) is 253. The number of rotatable bonds is 0. The molecule has 0 rings (SSSR count). The third-order valence-corrected chi connectivity index (χ3v) is 0. The van der Waals surface area contributed by atoms with E-state index in [0.29, 0.717) is 0 Å². The Balaban J connectivity index is -0.000000000818. The summed E-state index contributed by atoms with van der Waals surface area (Å²) in [6, 6.07) is 0. The minimum absolute atomic E-state index is 0. The maximum absolute atomic E-state index is 2.31. The van der Waals surface area contributed by atoms with E-state index in [1.54, 1.807) is 0 Å². The fourth-order valence-electron chi connectivity index (χ4n) is 0. The minimum Gasteiger partial charge on any atom is -0.344 e. The lowest BCUT2D eigenvalue weighted by molar-refractivity contribution is 1.91. The third kappa shape index (κ3) is 241000. The molecule has 0 saturated carbocycles. The summed E-state index contributed by atoms with van der Waals surface area (Å²) in [4.78, 5) is 0. The monoisotopic (exact) mass is 259 g/mol. The Hall–Kier alpha value is 0.0925. The summed E-state index contributed by atoms with van der Waals surface area (Å²) in [5.41, 5.74) is 0. The lowest BCUT2D eigenvalue weighted by atomic mass is 11.8. The minimum atomic E-state index is -0.139. The molecule has 0 aromatic heterocycles. The standard InChI is InChI=1S/3CH3.Al.11H3N/h3*1H3;;11*1H3. The summed E-state index contributed by atoms with van der Waals surface area (Å²) in [6.45, 7) is 0. The van der Waals surface area contributed by atoms with Crippen LogP contribution >= 0.6 is 0 Å². The smallest absolute Gasteiger partial charge is 0.251 e. The van der Waals surface area contributed by atoms with Crippen LogP contribution in [0.2, 0.25) is 17.4 Å². The van der Waals surface area contributed by atoms with E-state index in [9.17, 15) is 0 Å². The molecule has 0 fully saturated rings. The normalized spacial score (nSPS) is 1.80. The topological polar surface area (TPSA) is 385 Å². The van der Waals surface area contributed by atoms with Crippen molar-refractivity contribution in [3.8, 4) is 0 Å². The van der Waals surface area contributed by atoms with E-state index >= 15 is 0 Å². The molecule has 0 spiro atoms. The van der Waals surface area contributed by atoms with E-state index in [1.807, 2.05) is 0 Å². The molecule has 0 atom stereocenters. The molecule has 15 heavy (non-hydrogen) atoms. The molecule has 0 aliphatic rings. The van der Waals surface area contributed by atoms with E-state index in [4.69, 9.17) is 0 Å². The highest BCUT2D eigenvalue weighted by molar-refractivity contribution is 6.54. The van der Waals surface area contributed by atoms with Gasteiger partial charge in [0.25, 0.3) is 14.1 Å². The van der Waals surface area contributed by atoms with Crippen molar-refractivity contribution >= 4 is 14.1 Å². The predicted octanol–water partition coefficient (Wildman–Crippen LogP) is 3.15. The average Bonchev–Trinajstić information content (AvgIpc) is 0.811. The van der Waals surface area contributed by atoms with Crippen LogP contribution in [-0.2, 0) is 0 Å². The van der Waals surface area contributed by atoms with Gasteiger partial charge in [0.05, 0.1) is 0 Å². The first-order chi connectivity index (χ1) is 1.73. The molecule has 11 nitrogen and oxygen atoms in total. The van der Waals surface area contributed by atoms with Gasteiger partial charge in [0.15, 0.2) is 0 Å². The predicted molar refractivity (Wildman–Crippen MR) is 78.6 cm³/mol. The van der Waals surface area contributed by atoms with Crippen LogP contribution in [0.25, 0.3) is 0 Å². The largest absolute Gasteiger partial charge is 0.344 e. The molecule has 112 valence electrons. The van der Waals surface area contributed by atoms with Crippen LogP contribution < -0.4 is 67.7 Å². The molecule has 0 radical (unpaired) electrons. The Morgan fingerprint density at radius 3 is 0.333 bits per heavy atom. The van der Waals surface area contributed by atoms with E-state index in [-0.39, 0.29) is 81.8 Å². The lowest BCUT2D eigenvalue weighted by Crippen LogP contribution is -1.84. The Kier molecular flexibility index (Phi) is 5280. The van der Waals surface area contributed by atoms with Gasteiger partial charge >= 0.3 is 0 Å². The first-order valence-electron chi connectivity index (χ1n) is 1.73. The maximum atomic E-state index is 2.31. The molecule has 0 saturated heterocycles. The Morgan fingerprint density at radius 2 is 0.333 bits per heavy atom. The van der Waals surface area contributed by atoms with Gasteiger partial charge in [-0.25, -0.2) is 0 Å². The quantitative estimate of drug-likeness (QED) is 0.280. The van der Waals surface area contributed by atoms with Crippen LogP contribution in [0.3, 0.4) is 0 Å². The van der Waals surface area contributed by atoms with Gasteiger partial charge in [0.2, 0.25) is 0 Å². The molecule has 0 amide bonds. The summed E-state index contributed by atoms with van der Waals surface area (Å²) in [5.74, 6) is 6.92. The van der Waals surface area contributed by atoms with Crippen molar-refractivity contribution in [2.24, 2.45) is 0 Å². The van der Waals surface area contributed by atoms with Crippen molar-refractivity contribution in [1.82, 2.24) is 67.7 Å². The van der Waals surface area contributed by atoms with Gasteiger partial charge in [-0.2, -0.15) is 0 Å².